The molecule has 14 heteroatoms. The highest BCUT2D eigenvalue weighted by atomic mass is 16.6. The van der Waals surface area contributed by atoms with E-state index in [0.29, 0.717) is 45.6 Å². The normalized spacial score (nSPS) is 12.1. The van der Waals surface area contributed by atoms with Crippen molar-refractivity contribution in [2.75, 3.05) is 59.6 Å². The Morgan fingerprint density at radius 3 is 1.89 bits per heavy atom. The van der Waals surface area contributed by atoms with Crippen LogP contribution in [0.25, 0.3) is 0 Å². The van der Waals surface area contributed by atoms with E-state index in [9.17, 15) is 28.8 Å². The molecule has 0 aromatic heterocycles. The molecule has 4 N–H and O–H groups in total. The average Bonchev–Trinajstić information content (AvgIpc) is 3.19. The molecular weight excluding hydrogens is 502 g/mol. The first-order valence-electron chi connectivity index (χ1n) is 12.5. The molecule has 0 aromatic rings. The summed E-state index contributed by atoms with van der Waals surface area (Å²) >= 11 is 0. The number of hydrogen-bond donors (Lipinski definition) is 4. The molecule has 1 aliphatic rings. The maximum atomic E-state index is 11.3. The van der Waals surface area contributed by atoms with Gasteiger partial charge in [0.05, 0.1) is 0 Å². The Kier molecular flexibility index (Phi) is 19.6. The fourth-order valence-corrected chi connectivity index (χ4v) is 2.72. The molecule has 216 valence electrons. The van der Waals surface area contributed by atoms with Gasteiger partial charge in [0.15, 0.2) is 0 Å². The predicted octanol–water partition coefficient (Wildman–Crippen LogP) is -0.130. The van der Waals surface area contributed by atoms with Crippen LogP contribution in [0.15, 0.2) is 12.2 Å². The summed E-state index contributed by atoms with van der Waals surface area (Å²) < 4.78 is 15.4. The van der Waals surface area contributed by atoms with Gasteiger partial charge in [-0.25, -0.2) is 9.59 Å². The Hall–Kier alpha value is -3.52. The molecule has 38 heavy (non-hydrogen) atoms. The summed E-state index contributed by atoms with van der Waals surface area (Å²) in [4.78, 5) is 68.0. The maximum absolute atomic E-state index is 11.3. The number of imide groups is 1. The molecule has 0 unspecified atom stereocenters. The van der Waals surface area contributed by atoms with Gasteiger partial charge in [0.1, 0.15) is 25.1 Å². The molecule has 0 atom stereocenters. The Bertz CT molecular complexity index is 764. The van der Waals surface area contributed by atoms with E-state index < -0.39 is 18.3 Å². The number of likely N-dealkylation sites (N-methyl/N-ethyl adjacent to an activating group) is 1. The average molecular weight is 544 g/mol. The van der Waals surface area contributed by atoms with Crippen LogP contribution in [0.3, 0.4) is 0 Å². The summed E-state index contributed by atoms with van der Waals surface area (Å²) in [6.07, 6.45) is 1.86. The molecule has 0 fully saturated rings. The fourth-order valence-electron chi connectivity index (χ4n) is 2.72. The summed E-state index contributed by atoms with van der Waals surface area (Å²) in [5, 5.41) is 10.5. The molecule has 5 amide bonds. The van der Waals surface area contributed by atoms with E-state index in [-0.39, 0.29) is 49.7 Å². The molecule has 0 spiro atoms. The molecule has 1 rings (SSSR count). The zero-order valence-electron chi connectivity index (χ0n) is 22.6. The minimum Gasteiger partial charge on any atom is -0.447 e. The van der Waals surface area contributed by atoms with E-state index in [2.05, 4.69) is 21.3 Å². The van der Waals surface area contributed by atoms with Gasteiger partial charge >= 0.3 is 12.2 Å². The lowest BCUT2D eigenvalue weighted by molar-refractivity contribution is -0.137. The van der Waals surface area contributed by atoms with Crippen LogP contribution in [0.2, 0.25) is 0 Å². The van der Waals surface area contributed by atoms with Gasteiger partial charge in [-0.15, -0.1) is 0 Å². The number of alkyl carbamates (subject to hydrolysis) is 2. The summed E-state index contributed by atoms with van der Waals surface area (Å²) in [6.45, 7) is 7.58. The van der Waals surface area contributed by atoms with Crippen molar-refractivity contribution >= 4 is 35.7 Å². The molecule has 0 saturated heterocycles. The van der Waals surface area contributed by atoms with Crippen molar-refractivity contribution in [1.82, 2.24) is 26.2 Å². The van der Waals surface area contributed by atoms with Crippen LogP contribution in [0.1, 0.15) is 40.0 Å². The summed E-state index contributed by atoms with van der Waals surface area (Å²) in [6, 6.07) is 0. The van der Waals surface area contributed by atoms with Gasteiger partial charge in [-0.2, -0.15) is 0 Å². The Balaban J connectivity index is 0.000000755. The first-order chi connectivity index (χ1) is 18.1. The van der Waals surface area contributed by atoms with Gasteiger partial charge in [-0.05, 0) is 34.2 Å². The van der Waals surface area contributed by atoms with E-state index in [1.54, 1.807) is 20.9 Å². The summed E-state index contributed by atoms with van der Waals surface area (Å²) in [5.74, 6) is -0.791. The van der Waals surface area contributed by atoms with Crippen LogP contribution in [0.4, 0.5) is 9.59 Å². The fraction of sp³-hybridized carbons (Fsp3) is 0.667. The Morgan fingerprint density at radius 2 is 1.42 bits per heavy atom. The van der Waals surface area contributed by atoms with Gasteiger partial charge in [0.2, 0.25) is 5.91 Å². The van der Waals surface area contributed by atoms with Crippen LogP contribution in [-0.2, 0) is 33.4 Å². The van der Waals surface area contributed by atoms with Gasteiger partial charge < -0.3 is 40.3 Å². The largest absolute Gasteiger partial charge is 0.447 e. The predicted molar refractivity (Wildman–Crippen MR) is 137 cm³/mol. The lowest BCUT2D eigenvalue weighted by Gasteiger charge is -2.18. The van der Waals surface area contributed by atoms with Crippen molar-refractivity contribution in [2.24, 2.45) is 0 Å². The number of carbonyl (C=O) groups excluding carboxylic acids is 6. The Labute approximate surface area is 223 Å². The van der Waals surface area contributed by atoms with Crippen molar-refractivity contribution in [3.8, 4) is 0 Å². The minimum absolute atomic E-state index is 0.0364. The van der Waals surface area contributed by atoms with Crippen LogP contribution in [0, 0.1) is 0 Å². The number of ketones is 1. The molecule has 1 aliphatic heterocycles. The van der Waals surface area contributed by atoms with Gasteiger partial charge in [-0.1, -0.05) is 0 Å². The zero-order chi connectivity index (χ0) is 28.8. The van der Waals surface area contributed by atoms with Crippen molar-refractivity contribution in [1.29, 1.82) is 0 Å². The molecule has 0 bridgehead atoms. The number of rotatable bonds is 17. The second kappa shape index (κ2) is 21.6. The lowest BCUT2D eigenvalue weighted by Crippen LogP contribution is -2.36. The molecule has 0 radical (unpaired) electrons. The third kappa shape index (κ3) is 17.8. The topological polar surface area (TPSA) is 181 Å². The summed E-state index contributed by atoms with van der Waals surface area (Å²) in [5.41, 5.74) is 0. The zero-order valence-corrected chi connectivity index (χ0v) is 22.6. The first-order valence-corrected chi connectivity index (χ1v) is 12.5. The number of nitrogens with one attached hydrogen (secondary N) is 4. The maximum Gasteiger partial charge on any atom is 0.407 e. The van der Waals surface area contributed by atoms with E-state index in [1.165, 1.54) is 19.1 Å². The monoisotopic (exact) mass is 543 g/mol. The third-order valence-corrected chi connectivity index (χ3v) is 4.63. The quantitative estimate of drug-likeness (QED) is 0.142. The Morgan fingerprint density at radius 1 is 0.868 bits per heavy atom. The number of hydrogen-bond acceptors (Lipinski definition) is 10. The van der Waals surface area contributed by atoms with Gasteiger partial charge in [0.25, 0.3) is 11.8 Å². The SMILES string of the molecule is CCNC(=O)OCC(COC(=O)NCC)OCCCC(C)=O.CNCCNC(=O)CCN1C(=O)C=CC1=O. The minimum atomic E-state index is -0.572. The molecular formula is C24H41N5O9. The van der Waals surface area contributed by atoms with E-state index >= 15 is 0 Å². The van der Waals surface area contributed by atoms with Crippen molar-refractivity contribution in [2.45, 2.75) is 46.1 Å². The van der Waals surface area contributed by atoms with Crippen molar-refractivity contribution in [3.05, 3.63) is 12.2 Å². The first kappa shape index (κ1) is 34.5. The molecule has 0 aliphatic carbocycles. The van der Waals surface area contributed by atoms with Crippen LogP contribution in [-0.4, -0.2) is 106 Å². The molecule has 14 nitrogen and oxygen atoms in total. The lowest BCUT2D eigenvalue weighted by atomic mass is 10.2. The van der Waals surface area contributed by atoms with Crippen LogP contribution in [0.5, 0.6) is 0 Å². The van der Waals surface area contributed by atoms with E-state index in [1.807, 2.05) is 0 Å². The van der Waals surface area contributed by atoms with E-state index in [4.69, 9.17) is 14.2 Å². The van der Waals surface area contributed by atoms with Crippen LogP contribution < -0.4 is 21.3 Å². The molecule has 0 saturated carbocycles. The summed E-state index contributed by atoms with van der Waals surface area (Å²) in [7, 11) is 1.79. The highest BCUT2D eigenvalue weighted by Gasteiger charge is 2.23. The van der Waals surface area contributed by atoms with E-state index in [0.717, 1.165) is 4.90 Å². The van der Waals surface area contributed by atoms with Gasteiger partial charge in [0, 0.05) is 64.3 Å². The molecule has 0 aromatic carbocycles. The van der Waals surface area contributed by atoms with Gasteiger partial charge in [-0.3, -0.25) is 19.3 Å². The number of amides is 5. The smallest absolute Gasteiger partial charge is 0.407 e. The second-order valence-electron chi connectivity index (χ2n) is 7.92. The number of ether oxygens (including phenoxy) is 3. The third-order valence-electron chi connectivity index (χ3n) is 4.63. The van der Waals surface area contributed by atoms with Crippen LogP contribution >= 0.6 is 0 Å². The number of nitrogens with zero attached hydrogens (tertiary/aromatic N) is 1. The number of Topliss-reactive ketones (excluding diaryl/α,β-unsaturated/α-hetero) is 1. The molecule has 1 heterocycles. The van der Waals surface area contributed by atoms with Crippen molar-refractivity contribution < 1.29 is 43.0 Å². The highest BCUT2D eigenvalue weighted by Crippen LogP contribution is 2.04. The second-order valence-corrected chi connectivity index (χ2v) is 7.92. The number of carbonyl (C=O) groups is 6. The van der Waals surface area contributed by atoms with Crippen molar-refractivity contribution in [3.63, 3.8) is 0 Å². The highest BCUT2D eigenvalue weighted by molar-refractivity contribution is 6.13. The standard InChI is InChI=1S/C14H26N2O6.C10H15N3O3/c1-4-15-13(18)21-9-12(10-22-14(19)16-5-2)20-8-6-7-11(3)17;1-11-5-6-12-8(14)4-7-13-9(15)2-3-10(13)16/h12H,4-10H2,1-3H3,(H,15,18)(H,16,19);2-3,11H,4-7H2,1H3,(H,12,14).